The molecule has 107 heavy (non-hydrogen) atoms. The van der Waals surface area contributed by atoms with Gasteiger partial charge in [0.2, 0.25) is 83.6 Å². The first-order valence-corrected chi connectivity index (χ1v) is 40.8. The molecule has 0 saturated heterocycles. The summed E-state index contributed by atoms with van der Waals surface area (Å²) in [5, 5.41) is 101. The first kappa shape index (κ1) is 91.2. The fourth-order valence-electron chi connectivity index (χ4n) is 7.39. The number of carboxylic acids is 2. The number of carboxylic acid groups (broad SMARTS) is 2. The molecule has 0 aliphatic rings. The van der Waals surface area contributed by atoms with Gasteiger partial charge in [-0.1, -0.05) is 15.1 Å². The number of hydrogen-bond acceptors (Lipinski definition) is 47. The number of aliphatic hydroxyl groups is 3. The maximum absolute atomic E-state index is 11.6. The Hall–Kier alpha value is -8.14. The third-order valence-corrected chi connectivity index (χ3v) is 18.2. The largest absolute Gasteiger partial charge is 0.480 e. The van der Waals surface area contributed by atoms with E-state index in [0.29, 0.717) is 36.1 Å². The predicted molar refractivity (Wildman–Crippen MR) is 374 cm³/mol. The molecule has 0 spiro atoms. The fourth-order valence-corrected chi connectivity index (χ4v) is 11.6. The Bertz CT molecular complexity index is 4630. The lowest BCUT2D eigenvalue weighted by Gasteiger charge is -2.22. The number of rotatable bonds is 46. The van der Waals surface area contributed by atoms with Gasteiger partial charge >= 0.3 is 11.9 Å². The molecule has 3 heterocycles. The van der Waals surface area contributed by atoms with Crippen molar-refractivity contribution in [3.63, 3.8) is 0 Å². The maximum Gasteiger partial charge on any atom is 0.323 e. The van der Waals surface area contributed by atoms with E-state index in [9.17, 15) is 94.2 Å². The van der Waals surface area contributed by atoms with E-state index in [1.807, 2.05) is 0 Å². The van der Waals surface area contributed by atoms with Crippen LogP contribution in [-0.2, 0) is 98.1 Å². The van der Waals surface area contributed by atoms with Gasteiger partial charge < -0.3 is 72.5 Å². The van der Waals surface area contributed by atoms with Gasteiger partial charge in [0.1, 0.15) is 13.1 Å². The van der Waals surface area contributed by atoms with E-state index in [-0.39, 0.29) is 158 Å². The normalized spacial score (nSPS) is 11.8. The lowest BCUT2D eigenvalue weighted by molar-refractivity contribution is -0.432. The van der Waals surface area contributed by atoms with Crippen molar-refractivity contribution in [2.75, 3.05) is 158 Å². The van der Waals surface area contributed by atoms with Gasteiger partial charge in [-0.3, -0.25) is 23.2 Å². The molecule has 3 aromatic carbocycles. The van der Waals surface area contributed by atoms with E-state index >= 15 is 0 Å². The summed E-state index contributed by atoms with van der Waals surface area (Å²) >= 11 is 1.42. The number of aromatic nitrogens is 9. The van der Waals surface area contributed by atoms with Crippen molar-refractivity contribution in [1.29, 1.82) is 0 Å². The molecule has 0 aliphatic carbocycles. The molecule has 0 amide bonds. The summed E-state index contributed by atoms with van der Waals surface area (Å²) in [4.78, 5) is 60.7. The first-order chi connectivity index (χ1) is 50.1. The van der Waals surface area contributed by atoms with Gasteiger partial charge in [-0.15, -0.1) is 13.0 Å². The summed E-state index contributed by atoms with van der Waals surface area (Å²) in [5.41, 5.74) is -0.0481. The van der Waals surface area contributed by atoms with Crippen LogP contribution in [0.3, 0.4) is 0 Å². The van der Waals surface area contributed by atoms with Crippen LogP contribution in [-0.4, -0.2) is 273 Å². The monoisotopic (exact) mass is 1700 g/mol. The quantitative estimate of drug-likeness (QED) is 0.00641. The van der Waals surface area contributed by atoms with E-state index in [0.717, 1.165) is 66.1 Å². The molecule has 0 bridgehead atoms. The second-order valence-corrected chi connectivity index (χ2v) is 31.8. The van der Waals surface area contributed by atoms with E-state index in [1.54, 1.807) is 0 Å². The number of hydrogen-bond donors (Lipinski definition) is 21. The molecular weight excluding hydrogens is 1630 g/mol. The smallest absolute Gasteiger partial charge is 0.323 e. The summed E-state index contributed by atoms with van der Waals surface area (Å²) < 4.78 is 185. The molecule has 0 unspecified atom stereocenters. The lowest BCUT2D eigenvalue weighted by atomic mass is 10.3. The topological polar surface area (TPSA) is 760 Å². The van der Waals surface area contributed by atoms with Crippen LogP contribution in [0.15, 0.2) is 84.0 Å². The molecule has 0 aliphatic heterocycles. The highest BCUT2D eigenvalue weighted by Crippen LogP contribution is 2.36. The molecule has 0 radical (unpaired) electrons. The number of nitrogens with zero attached hydrogens (tertiary/aromatic N) is 11. The fraction of sp³-hybridized carbons (Fsp3) is 0.370. The Balaban J connectivity index is 0.000000340. The second-order valence-electron chi connectivity index (χ2n) is 19.8. The Morgan fingerprint density at radius 3 is 0.935 bits per heavy atom. The van der Waals surface area contributed by atoms with Gasteiger partial charge in [-0.2, -0.15) is 70.1 Å². The van der Waals surface area contributed by atoms with Gasteiger partial charge in [0, 0.05) is 58.9 Å². The summed E-state index contributed by atoms with van der Waals surface area (Å²) in [6.45, 7) is -2.13. The van der Waals surface area contributed by atoms with Crippen LogP contribution in [0.25, 0.3) is 0 Å². The molecule has 596 valence electrons. The summed E-state index contributed by atoms with van der Waals surface area (Å²) in [6, 6.07) is 9.89. The van der Waals surface area contributed by atoms with Crippen molar-refractivity contribution in [1.82, 2.24) is 59.0 Å². The summed E-state index contributed by atoms with van der Waals surface area (Å²) in [7, 11) is -24.1. The molecule has 6 rings (SSSR count). The Morgan fingerprint density at radius 1 is 0.393 bits per heavy atom. The van der Waals surface area contributed by atoms with Crippen LogP contribution >= 0.6 is 36.1 Å². The molecule has 61 heteroatoms. The van der Waals surface area contributed by atoms with Gasteiger partial charge in [0.15, 0.2) is 0 Å². The molecule has 0 fully saturated rings. The number of anilines is 12. The standard InChI is InChI=1S/C16H21N7O12S3.C16H25N7O10S3.C14H21N7O9S3/c1-37(29,30)18-5-4-17-14-20-15(22-16(21-14)23(7-12(24)25)8-13(26)27)19-10-6-9(38(31,32)33)2-3-11(10)36-35-34-28;1-35(27,28)18-5-4-17-14-20-15(22-16(21-14)23(6-8-24)7-9-25)19-12-10-11(36(29,30)31)2-3-13(12)34-33-32-26;1-32(24,25)17-5-4-15-12-19-13(16-6-7-22)21-14(20-12)18-10-8-9(33(26,27)28)2-3-11(10)31-30-29-23/h2-3,6,18,28H,4-5,7-8H2,1H3,(H,24,25)(H,26,27)(H,31,32,33)(H2,17,19,20,21,22);2-3,10,18,24-26H,4-9H2,1H3,(H,29,30,31)(H2,17,19,20,21,22);2-3,8,17,22-23H,4-7H2,1H3,(H,26,27,28)(H3,15,16,18,19,20,21). The molecule has 0 saturated carbocycles. The number of carbonyl (C=O) groups is 2. The van der Waals surface area contributed by atoms with Crippen LogP contribution in [0, 0.1) is 0 Å². The lowest BCUT2D eigenvalue weighted by Crippen LogP contribution is -2.36. The third kappa shape index (κ3) is 35.6. The minimum Gasteiger partial charge on any atom is -0.480 e. The van der Waals surface area contributed by atoms with E-state index in [2.05, 4.69) is 124 Å². The SMILES string of the molecule is CS(=O)(=O)NCCNc1nc(NCCO)nc(Nc2cc(S(=O)(=O)O)ccc2SOOO)n1.CS(=O)(=O)NCCNc1nc(Nc2cc(S(=O)(=O)O)ccc2SOOO)nc(N(CC(=O)O)CC(=O)O)n1.CS(=O)(=O)NCCNc1nc(Nc2cc(S(=O)(=O)O)ccc2SOOO)nc(N(CCO)CCO)n1. The van der Waals surface area contributed by atoms with Crippen molar-refractivity contribution < 1.29 is 143 Å². The molecule has 52 nitrogen and oxygen atoms in total. The zero-order valence-corrected chi connectivity index (χ0v) is 62.1. The zero-order chi connectivity index (χ0) is 79.8. The van der Waals surface area contributed by atoms with Crippen LogP contribution in [0.5, 0.6) is 0 Å². The predicted octanol–water partition coefficient (Wildman–Crippen LogP) is -2.08. The highest BCUT2D eigenvalue weighted by Gasteiger charge is 2.24. The van der Waals surface area contributed by atoms with Crippen LogP contribution < -0.4 is 61.2 Å². The number of aliphatic carboxylic acids is 2. The number of benzene rings is 3. The Labute approximate surface area is 619 Å². The third-order valence-electron chi connectivity index (χ3n) is 11.5. The molecule has 21 N–H and O–H groups in total. The average Bonchev–Trinajstić information content (AvgIpc) is 0.839. The maximum atomic E-state index is 11.6. The Kier molecular flexibility index (Phi) is 37.3. The van der Waals surface area contributed by atoms with Crippen LogP contribution in [0.1, 0.15) is 0 Å². The molecule has 0 atom stereocenters. The van der Waals surface area contributed by atoms with Gasteiger partial charge in [-0.25, -0.2) is 55.2 Å². The minimum atomic E-state index is -4.67. The number of nitrogens with one attached hydrogen (secondary N) is 10. The van der Waals surface area contributed by atoms with Crippen molar-refractivity contribution in [2.24, 2.45) is 0 Å². The van der Waals surface area contributed by atoms with Gasteiger partial charge in [0.25, 0.3) is 30.4 Å². The van der Waals surface area contributed by atoms with Crippen molar-refractivity contribution in [2.45, 2.75) is 29.4 Å². The van der Waals surface area contributed by atoms with E-state index in [4.69, 9.17) is 20.9 Å². The zero-order valence-electron chi connectivity index (χ0n) is 54.8. The molecule has 3 aromatic heterocycles. The second kappa shape index (κ2) is 43.8. The van der Waals surface area contributed by atoms with E-state index < -0.39 is 106 Å². The van der Waals surface area contributed by atoms with Crippen molar-refractivity contribution >= 4 is 179 Å². The summed E-state index contributed by atoms with van der Waals surface area (Å²) in [5.74, 6) is -4.03. The average molecular weight is 1700 g/mol. The van der Waals surface area contributed by atoms with Crippen LogP contribution in [0.4, 0.5) is 70.6 Å². The van der Waals surface area contributed by atoms with Gasteiger partial charge in [0.05, 0.1) is 121 Å². The van der Waals surface area contributed by atoms with Crippen LogP contribution in [0.2, 0.25) is 0 Å². The number of sulfonamides is 3. The highest BCUT2D eigenvalue weighted by molar-refractivity contribution is 7.95. The van der Waals surface area contributed by atoms with E-state index in [1.165, 1.54) is 17.0 Å². The Morgan fingerprint density at radius 2 is 0.664 bits per heavy atom. The molecular formula is C46H67N21O31S9. The molecule has 6 aromatic rings. The highest BCUT2D eigenvalue weighted by atomic mass is 32.2. The van der Waals surface area contributed by atoms with Crippen molar-refractivity contribution in [3.8, 4) is 0 Å². The number of aliphatic hydroxyl groups excluding tert-OH is 3. The minimum absolute atomic E-state index is 0.00922. The first-order valence-electron chi connectivity index (χ1n) is 28.6. The van der Waals surface area contributed by atoms with Crippen molar-refractivity contribution in [3.05, 3.63) is 54.6 Å². The van der Waals surface area contributed by atoms with Gasteiger partial charge in [-0.05, 0) is 54.6 Å². The summed E-state index contributed by atoms with van der Waals surface area (Å²) in [6.07, 6.45) is 2.95.